The first kappa shape index (κ1) is 14.9. The van der Waals surface area contributed by atoms with Crippen LogP contribution in [-0.2, 0) is 11.3 Å². The zero-order valence-electron chi connectivity index (χ0n) is 10.9. The van der Waals surface area contributed by atoms with Gasteiger partial charge in [0.2, 0.25) is 6.79 Å². The smallest absolute Gasteiger partial charge is 0.416 e. The molecule has 2 N–H and O–H groups in total. The Kier molecular flexibility index (Phi) is 4.39. The number of rotatable bonds is 5. The minimum absolute atomic E-state index is 0.117. The van der Waals surface area contributed by atoms with Gasteiger partial charge in [0, 0.05) is 6.04 Å². The summed E-state index contributed by atoms with van der Waals surface area (Å²) in [5.41, 5.74) is 6.04. The van der Waals surface area contributed by atoms with Gasteiger partial charge in [0.1, 0.15) is 0 Å². The molecule has 0 spiro atoms. The molecule has 0 amide bonds. The molecular weight excluding hydrogens is 275 g/mol. The van der Waals surface area contributed by atoms with E-state index < -0.39 is 18.3 Å². The lowest BCUT2D eigenvalue weighted by atomic mass is 10.1. The van der Waals surface area contributed by atoms with Gasteiger partial charge in [-0.2, -0.15) is 13.2 Å². The van der Waals surface area contributed by atoms with E-state index in [0.717, 1.165) is 0 Å². The van der Waals surface area contributed by atoms with E-state index in [1.807, 2.05) is 0 Å². The van der Waals surface area contributed by atoms with Gasteiger partial charge in [0.15, 0.2) is 17.6 Å². The van der Waals surface area contributed by atoms with Crippen molar-refractivity contribution >= 4 is 0 Å². The second-order valence-corrected chi connectivity index (χ2v) is 4.53. The summed E-state index contributed by atoms with van der Waals surface area (Å²) in [7, 11) is 0. The van der Waals surface area contributed by atoms with E-state index in [4.69, 9.17) is 19.9 Å². The molecule has 0 saturated carbocycles. The van der Waals surface area contributed by atoms with Gasteiger partial charge in [-0.05, 0) is 24.1 Å². The topological polar surface area (TPSA) is 53.7 Å². The average molecular weight is 291 g/mol. The molecule has 2 unspecified atom stereocenters. The fourth-order valence-corrected chi connectivity index (χ4v) is 1.89. The Labute approximate surface area is 114 Å². The highest BCUT2D eigenvalue weighted by Crippen LogP contribution is 2.33. The Morgan fingerprint density at radius 3 is 2.65 bits per heavy atom. The van der Waals surface area contributed by atoms with E-state index in [1.54, 1.807) is 25.1 Å². The molecule has 1 aliphatic heterocycles. The number of alkyl halides is 3. The molecule has 20 heavy (non-hydrogen) atoms. The van der Waals surface area contributed by atoms with Gasteiger partial charge in [-0.25, -0.2) is 0 Å². The molecule has 4 nitrogen and oxygen atoms in total. The van der Waals surface area contributed by atoms with Crippen molar-refractivity contribution in [3.05, 3.63) is 23.8 Å². The fourth-order valence-electron chi connectivity index (χ4n) is 1.89. The molecule has 2 atom stereocenters. The van der Waals surface area contributed by atoms with E-state index in [0.29, 0.717) is 17.1 Å². The highest BCUT2D eigenvalue weighted by Gasteiger charge is 2.44. The third-order valence-electron chi connectivity index (χ3n) is 3.05. The molecule has 0 bridgehead atoms. The van der Waals surface area contributed by atoms with Crippen molar-refractivity contribution in [2.75, 3.05) is 6.79 Å². The zero-order valence-corrected chi connectivity index (χ0v) is 10.9. The first-order valence-electron chi connectivity index (χ1n) is 6.24. The first-order valence-corrected chi connectivity index (χ1v) is 6.24. The van der Waals surface area contributed by atoms with Gasteiger partial charge in [-0.1, -0.05) is 13.0 Å². The van der Waals surface area contributed by atoms with E-state index in [1.165, 1.54) is 0 Å². The lowest BCUT2D eigenvalue weighted by Crippen LogP contribution is -2.46. The van der Waals surface area contributed by atoms with Gasteiger partial charge in [0.25, 0.3) is 0 Å². The molecule has 0 saturated heterocycles. The van der Waals surface area contributed by atoms with E-state index in [-0.39, 0.29) is 19.8 Å². The highest BCUT2D eigenvalue weighted by atomic mass is 19.4. The predicted molar refractivity (Wildman–Crippen MR) is 65.5 cm³/mol. The number of ether oxygens (including phenoxy) is 3. The van der Waals surface area contributed by atoms with Crippen LogP contribution in [0.1, 0.15) is 18.9 Å². The van der Waals surface area contributed by atoms with Crippen LogP contribution in [0.4, 0.5) is 13.2 Å². The van der Waals surface area contributed by atoms with Crippen LogP contribution in [-0.4, -0.2) is 25.1 Å². The molecule has 0 fully saturated rings. The molecule has 0 aliphatic carbocycles. The summed E-state index contributed by atoms with van der Waals surface area (Å²) in [4.78, 5) is 0. The Morgan fingerprint density at radius 2 is 2.00 bits per heavy atom. The van der Waals surface area contributed by atoms with Crippen LogP contribution in [0.3, 0.4) is 0 Å². The largest absolute Gasteiger partial charge is 0.454 e. The van der Waals surface area contributed by atoms with Crippen molar-refractivity contribution in [1.29, 1.82) is 0 Å². The predicted octanol–water partition coefficient (Wildman–Crippen LogP) is 2.60. The van der Waals surface area contributed by atoms with Crippen molar-refractivity contribution < 1.29 is 27.4 Å². The maximum Gasteiger partial charge on any atom is 0.416 e. The van der Waals surface area contributed by atoms with Gasteiger partial charge in [0.05, 0.1) is 6.61 Å². The van der Waals surface area contributed by atoms with Crippen molar-refractivity contribution in [1.82, 2.24) is 0 Å². The Hall–Kier alpha value is -1.47. The summed E-state index contributed by atoms with van der Waals surface area (Å²) in [5, 5.41) is 0. The maximum atomic E-state index is 12.8. The number of fused-ring (bicyclic) bond motifs is 1. The summed E-state index contributed by atoms with van der Waals surface area (Å²) < 4.78 is 53.7. The van der Waals surface area contributed by atoms with Crippen LogP contribution in [0.25, 0.3) is 0 Å². The molecule has 0 aromatic heterocycles. The van der Waals surface area contributed by atoms with Crippen LogP contribution < -0.4 is 15.2 Å². The number of halogens is 3. The normalized spacial score (nSPS) is 17.1. The Balaban J connectivity index is 2.02. The molecule has 1 aliphatic rings. The standard InChI is InChI=1S/C13H16F3NO3/c1-2-9(17)12(13(14,15)16)18-6-8-3-4-10-11(5-8)20-7-19-10/h3-5,9,12H,2,6-7,17H2,1H3. The number of benzene rings is 1. The fraction of sp³-hybridized carbons (Fsp3) is 0.538. The van der Waals surface area contributed by atoms with Crippen LogP contribution in [0, 0.1) is 0 Å². The number of hydrogen-bond acceptors (Lipinski definition) is 4. The first-order chi connectivity index (χ1) is 9.41. The third-order valence-corrected chi connectivity index (χ3v) is 3.05. The number of hydrogen-bond donors (Lipinski definition) is 1. The van der Waals surface area contributed by atoms with E-state index in [9.17, 15) is 13.2 Å². The summed E-state index contributed by atoms with van der Waals surface area (Å²) in [5.74, 6) is 1.08. The average Bonchev–Trinajstić information content (AvgIpc) is 2.84. The van der Waals surface area contributed by atoms with E-state index >= 15 is 0 Å². The van der Waals surface area contributed by atoms with Crippen molar-refractivity contribution in [2.24, 2.45) is 5.73 Å². The third kappa shape index (κ3) is 3.34. The Morgan fingerprint density at radius 1 is 1.30 bits per heavy atom. The number of nitrogens with two attached hydrogens (primary N) is 1. The van der Waals surface area contributed by atoms with Crippen LogP contribution in [0.15, 0.2) is 18.2 Å². The van der Waals surface area contributed by atoms with Crippen LogP contribution in [0.2, 0.25) is 0 Å². The summed E-state index contributed by atoms with van der Waals surface area (Å²) in [6, 6.07) is 3.80. The maximum absolute atomic E-state index is 12.8. The van der Waals surface area contributed by atoms with Crippen molar-refractivity contribution in [3.63, 3.8) is 0 Å². The lowest BCUT2D eigenvalue weighted by molar-refractivity contribution is -0.229. The molecular formula is C13H16F3NO3. The van der Waals surface area contributed by atoms with Crippen LogP contribution in [0.5, 0.6) is 11.5 Å². The highest BCUT2D eigenvalue weighted by molar-refractivity contribution is 5.44. The summed E-state index contributed by atoms with van der Waals surface area (Å²) in [6.07, 6.45) is -6.27. The summed E-state index contributed by atoms with van der Waals surface area (Å²) >= 11 is 0. The lowest BCUT2D eigenvalue weighted by Gasteiger charge is -2.25. The van der Waals surface area contributed by atoms with Gasteiger partial charge >= 0.3 is 6.18 Å². The minimum Gasteiger partial charge on any atom is -0.454 e. The van der Waals surface area contributed by atoms with Crippen molar-refractivity contribution in [2.45, 2.75) is 38.3 Å². The second kappa shape index (κ2) is 5.88. The molecule has 1 aromatic carbocycles. The molecule has 1 heterocycles. The SMILES string of the molecule is CCC(N)C(OCc1ccc2c(c1)OCO2)C(F)(F)F. The molecule has 2 rings (SSSR count). The molecule has 1 aromatic rings. The molecule has 112 valence electrons. The van der Waals surface area contributed by atoms with Crippen LogP contribution >= 0.6 is 0 Å². The van der Waals surface area contributed by atoms with Gasteiger partial charge in [-0.3, -0.25) is 0 Å². The van der Waals surface area contributed by atoms with E-state index in [2.05, 4.69) is 0 Å². The van der Waals surface area contributed by atoms with Gasteiger partial charge in [-0.15, -0.1) is 0 Å². The second-order valence-electron chi connectivity index (χ2n) is 4.53. The monoisotopic (exact) mass is 291 g/mol. The summed E-state index contributed by atoms with van der Waals surface area (Å²) in [6.45, 7) is 1.52. The molecule has 7 heteroatoms. The molecule has 0 radical (unpaired) electrons. The van der Waals surface area contributed by atoms with Gasteiger partial charge < -0.3 is 19.9 Å². The Bertz CT molecular complexity index is 465. The zero-order chi connectivity index (χ0) is 14.8. The minimum atomic E-state index is -4.48. The van der Waals surface area contributed by atoms with Crippen molar-refractivity contribution in [3.8, 4) is 11.5 Å². The quantitative estimate of drug-likeness (QED) is 0.906.